The van der Waals surface area contributed by atoms with Crippen LogP contribution in [0.15, 0.2) is 66.7 Å². The van der Waals surface area contributed by atoms with Crippen molar-refractivity contribution in [3.63, 3.8) is 0 Å². The number of benzene rings is 3. The first-order valence-corrected chi connectivity index (χ1v) is 11.9. The van der Waals surface area contributed by atoms with Crippen molar-refractivity contribution in [1.82, 2.24) is 4.90 Å². The van der Waals surface area contributed by atoms with Gasteiger partial charge in [0.05, 0.1) is 19.2 Å². The molecule has 1 atom stereocenters. The zero-order valence-electron chi connectivity index (χ0n) is 19.3. The van der Waals surface area contributed by atoms with Crippen molar-refractivity contribution >= 4 is 52.1 Å². The Morgan fingerprint density at radius 1 is 1.08 bits per heavy atom. The number of fused-ring (bicyclic) bond motifs is 1. The van der Waals surface area contributed by atoms with E-state index in [4.69, 9.17) is 38.0 Å². The standard InChI is InChI=1S/C26H22ClN3O5S/c1-33-20-9-5-18(6-10-20)28-24(31)13-21-25(32)30(19-7-3-17(27)4-8-19)26(36)29(21)14-16-2-11-22-23(12-16)35-15-34-22/h2-12,21H,13-15H2,1H3,(H,28,31)/t21-/m1/s1. The van der Waals surface area contributed by atoms with E-state index < -0.39 is 6.04 Å². The summed E-state index contributed by atoms with van der Waals surface area (Å²) in [6, 6.07) is 18.6. The van der Waals surface area contributed by atoms with Gasteiger partial charge in [0.1, 0.15) is 11.8 Å². The predicted molar refractivity (Wildman–Crippen MR) is 140 cm³/mol. The lowest BCUT2D eigenvalue weighted by Gasteiger charge is -2.24. The molecule has 0 aliphatic carbocycles. The van der Waals surface area contributed by atoms with Crippen LogP contribution in [0.2, 0.25) is 5.02 Å². The Morgan fingerprint density at radius 2 is 1.81 bits per heavy atom. The van der Waals surface area contributed by atoms with Gasteiger partial charge in [0, 0.05) is 17.3 Å². The van der Waals surface area contributed by atoms with Crippen molar-refractivity contribution in [3.8, 4) is 17.2 Å². The molecule has 2 aliphatic rings. The second-order valence-corrected chi connectivity index (χ2v) is 9.05. The summed E-state index contributed by atoms with van der Waals surface area (Å²) in [5.41, 5.74) is 2.06. The largest absolute Gasteiger partial charge is 0.497 e. The van der Waals surface area contributed by atoms with E-state index in [1.165, 1.54) is 4.90 Å². The van der Waals surface area contributed by atoms with E-state index in [2.05, 4.69) is 5.32 Å². The van der Waals surface area contributed by atoms with Gasteiger partial charge in [-0.1, -0.05) is 17.7 Å². The maximum Gasteiger partial charge on any atom is 0.256 e. The van der Waals surface area contributed by atoms with Crippen molar-refractivity contribution in [1.29, 1.82) is 0 Å². The van der Waals surface area contributed by atoms with E-state index in [1.54, 1.807) is 60.5 Å². The van der Waals surface area contributed by atoms with Gasteiger partial charge in [0.25, 0.3) is 5.91 Å². The molecule has 0 spiro atoms. The summed E-state index contributed by atoms with van der Waals surface area (Å²) >= 11 is 11.8. The molecule has 1 fully saturated rings. The summed E-state index contributed by atoms with van der Waals surface area (Å²) in [5.74, 6) is 1.38. The number of anilines is 2. The smallest absolute Gasteiger partial charge is 0.256 e. The molecule has 0 saturated carbocycles. The molecule has 0 bridgehead atoms. The highest BCUT2D eigenvalue weighted by molar-refractivity contribution is 7.80. The van der Waals surface area contributed by atoms with E-state index >= 15 is 0 Å². The highest BCUT2D eigenvalue weighted by atomic mass is 35.5. The number of carbonyl (C=O) groups is 2. The average Bonchev–Trinajstić information content (AvgIpc) is 3.43. The van der Waals surface area contributed by atoms with E-state index in [9.17, 15) is 9.59 Å². The van der Waals surface area contributed by atoms with Gasteiger partial charge in [0.2, 0.25) is 12.7 Å². The number of nitrogens with one attached hydrogen (secondary N) is 1. The van der Waals surface area contributed by atoms with Crippen LogP contribution in [0.25, 0.3) is 0 Å². The van der Waals surface area contributed by atoms with Crippen molar-refractivity contribution in [2.45, 2.75) is 19.0 Å². The molecule has 3 aromatic rings. The molecule has 10 heteroatoms. The Balaban J connectivity index is 1.40. The second kappa shape index (κ2) is 10.0. The maximum atomic E-state index is 13.6. The number of hydrogen-bond acceptors (Lipinski definition) is 6. The molecule has 1 N–H and O–H groups in total. The summed E-state index contributed by atoms with van der Waals surface area (Å²) in [6.45, 7) is 0.476. The van der Waals surface area contributed by atoms with Crippen LogP contribution in [0.4, 0.5) is 11.4 Å². The number of rotatable bonds is 7. The van der Waals surface area contributed by atoms with E-state index in [1.807, 2.05) is 18.2 Å². The first kappa shape index (κ1) is 23.9. The summed E-state index contributed by atoms with van der Waals surface area (Å²) < 4.78 is 16.0. The Labute approximate surface area is 218 Å². The maximum absolute atomic E-state index is 13.6. The fraction of sp³-hybridized carbons (Fsp3) is 0.192. The number of amides is 2. The fourth-order valence-corrected chi connectivity index (χ4v) is 4.65. The summed E-state index contributed by atoms with van der Waals surface area (Å²) in [5, 5.41) is 3.70. The van der Waals surface area contributed by atoms with Crippen LogP contribution in [0.1, 0.15) is 12.0 Å². The lowest BCUT2D eigenvalue weighted by Crippen LogP contribution is -2.37. The topological polar surface area (TPSA) is 80.3 Å². The minimum atomic E-state index is -0.795. The second-order valence-electron chi connectivity index (χ2n) is 8.24. The fourth-order valence-electron chi connectivity index (χ4n) is 4.14. The van der Waals surface area contributed by atoms with Crippen LogP contribution in [-0.2, 0) is 16.1 Å². The quantitative estimate of drug-likeness (QED) is 0.453. The zero-order chi connectivity index (χ0) is 25.2. The number of ether oxygens (including phenoxy) is 3. The molecule has 0 radical (unpaired) electrons. The normalized spacial score (nSPS) is 16.4. The Hall–Kier alpha value is -3.82. The number of halogens is 1. The van der Waals surface area contributed by atoms with Gasteiger partial charge in [-0.2, -0.15) is 0 Å². The van der Waals surface area contributed by atoms with Crippen molar-refractivity contribution in [2.75, 3.05) is 24.1 Å². The Kier molecular flexibility index (Phi) is 6.67. The lowest BCUT2D eigenvalue weighted by atomic mass is 10.1. The minimum absolute atomic E-state index is 0.0837. The Bertz CT molecular complexity index is 1320. The number of methoxy groups -OCH3 is 1. The number of thiocarbonyl (C=S) groups is 1. The lowest BCUT2D eigenvalue weighted by molar-refractivity contribution is -0.124. The monoisotopic (exact) mass is 523 g/mol. The third kappa shape index (κ3) is 4.80. The third-order valence-electron chi connectivity index (χ3n) is 5.95. The van der Waals surface area contributed by atoms with Gasteiger partial charge in [-0.25, -0.2) is 0 Å². The predicted octanol–water partition coefficient (Wildman–Crippen LogP) is 4.61. The molecular weight excluding hydrogens is 502 g/mol. The third-order valence-corrected chi connectivity index (χ3v) is 6.61. The molecule has 2 heterocycles. The molecule has 36 heavy (non-hydrogen) atoms. The van der Waals surface area contributed by atoms with Crippen molar-refractivity contribution in [2.24, 2.45) is 0 Å². The van der Waals surface area contributed by atoms with Gasteiger partial charge in [-0.15, -0.1) is 0 Å². The summed E-state index contributed by atoms with van der Waals surface area (Å²) in [6.07, 6.45) is -0.0837. The van der Waals surface area contributed by atoms with Crippen LogP contribution < -0.4 is 24.4 Å². The highest BCUT2D eigenvalue weighted by Crippen LogP contribution is 2.35. The number of nitrogens with zero attached hydrogens (tertiary/aromatic N) is 2. The highest BCUT2D eigenvalue weighted by Gasteiger charge is 2.44. The van der Waals surface area contributed by atoms with Gasteiger partial charge in [-0.3, -0.25) is 14.5 Å². The number of carbonyl (C=O) groups excluding carboxylic acids is 2. The molecule has 8 nitrogen and oxygen atoms in total. The van der Waals surface area contributed by atoms with Crippen LogP contribution in [-0.4, -0.2) is 41.8 Å². The van der Waals surface area contributed by atoms with Crippen LogP contribution in [0.5, 0.6) is 17.2 Å². The van der Waals surface area contributed by atoms with E-state index in [-0.39, 0.29) is 25.0 Å². The molecule has 0 unspecified atom stereocenters. The average molecular weight is 524 g/mol. The molecule has 184 valence electrons. The first-order valence-electron chi connectivity index (χ1n) is 11.2. The van der Waals surface area contributed by atoms with E-state index in [0.717, 1.165) is 5.56 Å². The minimum Gasteiger partial charge on any atom is -0.497 e. The molecule has 5 rings (SSSR count). The Morgan fingerprint density at radius 3 is 2.53 bits per heavy atom. The van der Waals surface area contributed by atoms with Crippen LogP contribution >= 0.6 is 23.8 Å². The first-order chi connectivity index (χ1) is 17.4. The van der Waals surface area contributed by atoms with Crippen LogP contribution in [0, 0.1) is 0 Å². The van der Waals surface area contributed by atoms with Gasteiger partial charge >= 0.3 is 0 Å². The van der Waals surface area contributed by atoms with Crippen molar-refractivity contribution in [3.05, 3.63) is 77.3 Å². The summed E-state index contributed by atoms with van der Waals surface area (Å²) in [7, 11) is 1.57. The molecule has 3 aromatic carbocycles. The van der Waals surface area contributed by atoms with Crippen LogP contribution in [0.3, 0.4) is 0 Å². The zero-order valence-corrected chi connectivity index (χ0v) is 20.8. The van der Waals surface area contributed by atoms with Gasteiger partial charge in [-0.05, 0) is 78.4 Å². The van der Waals surface area contributed by atoms with E-state index in [0.29, 0.717) is 45.3 Å². The van der Waals surface area contributed by atoms with Gasteiger partial charge < -0.3 is 24.4 Å². The molecule has 2 amide bonds. The van der Waals surface area contributed by atoms with Crippen molar-refractivity contribution < 1.29 is 23.8 Å². The molecule has 1 saturated heterocycles. The number of hydrogen-bond donors (Lipinski definition) is 1. The SMILES string of the molecule is COc1ccc(NC(=O)C[C@@H]2C(=O)N(c3ccc(Cl)cc3)C(=S)N2Cc2ccc3c(c2)OCO3)cc1. The summed E-state index contributed by atoms with van der Waals surface area (Å²) in [4.78, 5) is 29.8. The molecule has 0 aromatic heterocycles. The molecule has 2 aliphatic heterocycles. The molecular formula is C26H22ClN3O5S. The van der Waals surface area contributed by atoms with Gasteiger partial charge in [0.15, 0.2) is 16.6 Å².